The average Bonchev–Trinajstić information content (AvgIpc) is 3.29. The molecule has 0 bridgehead atoms. The van der Waals surface area contributed by atoms with Crippen LogP contribution >= 0.6 is 0 Å². The SMILES string of the molecule is Fc1ccc(N2CCN(Cc3ccc4c(c3)CN(Cc3cccn3-c3cccnc3)CCO4)CC2)cc1. The highest BCUT2D eigenvalue weighted by atomic mass is 19.1. The van der Waals surface area contributed by atoms with Gasteiger partial charge in [0.2, 0.25) is 0 Å². The van der Waals surface area contributed by atoms with Crippen molar-refractivity contribution in [3.8, 4) is 11.4 Å². The molecule has 37 heavy (non-hydrogen) atoms. The molecular weight excluding hydrogens is 465 g/mol. The first kappa shape index (κ1) is 23.7. The van der Waals surface area contributed by atoms with Crippen LogP contribution < -0.4 is 9.64 Å². The molecular formula is C30H32FN5O. The van der Waals surface area contributed by atoms with Crippen molar-refractivity contribution in [3.05, 3.63) is 108 Å². The smallest absolute Gasteiger partial charge is 0.123 e. The van der Waals surface area contributed by atoms with Crippen molar-refractivity contribution in [3.63, 3.8) is 0 Å². The minimum atomic E-state index is -0.185. The molecule has 4 heterocycles. The van der Waals surface area contributed by atoms with Crippen LogP contribution in [-0.2, 0) is 19.6 Å². The summed E-state index contributed by atoms with van der Waals surface area (Å²) < 4.78 is 21.6. The summed E-state index contributed by atoms with van der Waals surface area (Å²) in [5.41, 5.74) is 5.98. The number of nitrogens with zero attached hydrogens (tertiary/aromatic N) is 5. The van der Waals surface area contributed by atoms with E-state index in [1.807, 2.05) is 24.4 Å². The molecule has 4 aromatic rings. The Morgan fingerprint density at radius 1 is 0.811 bits per heavy atom. The van der Waals surface area contributed by atoms with Crippen molar-refractivity contribution >= 4 is 5.69 Å². The number of benzene rings is 2. The third-order valence-electron chi connectivity index (χ3n) is 7.30. The molecule has 2 aromatic heterocycles. The molecule has 0 spiro atoms. The van der Waals surface area contributed by atoms with Gasteiger partial charge in [-0.1, -0.05) is 6.07 Å². The standard InChI is InChI=1S/C30H32FN5O/c31-26-6-8-27(9-7-26)35-15-13-33(14-16-35)21-24-5-10-30-25(19-24)22-34(17-18-37-30)23-29-4-2-12-36(29)28-3-1-11-32-20-28/h1-12,19-20H,13-18,21-23H2. The molecule has 0 radical (unpaired) electrons. The fourth-order valence-electron chi connectivity index (χ4n) is 5.33. The van der Waals surface area contributed by atoms with Gasteiger partial charge in [0.1, 0.15) is 18.2 Å². The van der Waals surface area contributed by atoms with Crippen molar-refractivity contribution in [2.24, 2.45) is 0 Å². The summed E-state index contributed by atoms with van der Waals surface area (Å²) in [6.45, 7) is 8.08. The van der Waals surface area contributed by atoms with Crippen LogP contribution in [0.15, 0.2) is 85.3 Å². The summed E-state index contributed by atoms with van der Waals surface area (Å²) >= 11 is 0. The molecule has 0 amide bonds. The van der Waals surface area contributed by atoms with Crippen molar-refractivity contribution in [2.45, 2.75) is 19.6 Å². The van der Waals surface area contributed by atoms with Gasteiger partial charge >= 0.3 is 0 Å². The van der Waals surface area contributed by atoms with Gasteiger partial charge in [-0.3, -0.25) is 14.8 Å². The molecule has 2 aromatic carbocycles. The zero-order chi connectivity index (χ0) is 25.0. The lowest BCUT2D eigenvalue weighted by molar-refractivity contribution is 0.217. The number of rotatable bonds is 6. The number of fused-ring (bicyclic) bond motifs is 1. The molecule has 0 unspecified atom stereocenters. The summed E-state index contributed by atoms with van der Waals surface area (Å²) in [5, 5.41) is 0. The maximum atomic E-state index is 13.3. The monoisotopic (exact) mass is 497 g/mol. The van der Waals surface area contributed by atoms with E-state index in [0.29, 0.717) is 6.61 Å². The summed E-state index contributed by atoms with van der Waals surface area (Å²) in [6.07, 6.45) is 5.80. The predicted molar refractivity (Wildman–Crippen MR) is 144 cm³/mol. The third-order valence-corrected chi connectivity index (χ3v) is 7.30. The zero-order valence-corrected chi connectivity index (χ0v) is 21.0. The maximum absolute atomic E-state index is 13.3. The van der Waals surface area contributed by atoms with E-state index in [-0.39, 0.29) is 5.82 Å². The molecule has 2 aliphatic rings. The molecule has 2 aliphatic heterocycles. The summed E-state index contributed by atoms with van der Waals surface area (Å²) in [4.78, 5) is 11.6. The van der Waals surface area contributed by atoms with E-state index in [2.05, 4.69) is 66.8 Å². The van der Waals surface area contributed by atoms with Gasteiger partial charge in [0, 0.05) is 81.7 Å². The lowest BCUT2D eigenvalue weighted by atomic mass is 10.1. The second kappa shape index (κ2) is 10.7. The van der Waals surface area contributed by atoms with Crippen LogP contribution in [0.2, 0.25) is 0 Å². The minimum Gasteiger partial charge on any atom is -0.492 e. The second-order valence-corrected chi connectivity index (χ2v) is 9.82. The molecule has 6 rings (SSSR count). The zero-order valence-electron chi connectivity index (χ0n) is 21.0. The summed E-state index contributed by atoms with van der Waals surface area (Å²) in [6, 6.07) is 21.8. The molecule has 0 atom stereocenters. The summed E-state index contributed by atoms with van der Waals surface area (Å²) in [5.74, 6) is 0.811. The number of pyridine rings is 1. The quantitative estimate of drug-likeness (QED) is 0.385. The Morgan fingerprint density at radius 3 is 2.49 bits per heavy atom. The van der Waals surface area contributed by atoms with Crippen molar-refractivity contribution < 1.29 is 9.13 Å². The molecule has 0 aliphatic carbocycles. The van der Waals surface area contributed by atoms with Gasteiger partial charge in [-0.15, -0.1) is 0 Å². The molecule has 190 valence electrons. The van der Waals surface area contributed by atoms with Crippen LogP contribution in [0.1, 0.15) is 16.8 Å². The van der Waals surface area contributed by atoms with Crippen molar-refractivity contribution in [1.29, 1.82) is 0 Å². The van der Waals surface area contributed by atoms with Gasteiger partial charge < -0.3 is 14.2 Å². The van der Waals surface area contributed by atoms with E-state index < -0.39 is 0 Å². The van der Waals surface area contributed by atoms with Crippen LogP contribution in [-0.4, -0.2) is 58.7 Å². The van der Waals surface area contributed by atoms with Crippen LogP contribution in [0.5, 0.6) is 5.75 Å². The molecule has 1 fully saturated rings. The second-order valence-electron chi connectivity index (χ2n) is 9.82. The van der Waals surface area contributed by atoms with Gasteiger partial charge in [0.05, 0.1) is 11.9 Å². The van der Waals surface area contributed by atoms with Crippen LogP contribution in [0, 0.1) is 5.82 Å². The largest absolute Gasteiger partial charge is 0.492 e. The number of aromatic nitrogens is 2. The maximum Gasteiger partial charge on any atom is 0.123 e. The van der Waals surface area contributed by atoms with Crippen molar-refractivity contribution in [1.82, 2.24) is 19.4 Å². The number of piperazine rings is 1. The van der Waals surface area contributed by atoms with E-state index in [4.69, 9.17) is 4.74 Å². The minimum absolute atomic E-state index is 0.185. The third kappa shape index (κ3) is 5.53. The van der Waals surface area contributed by atoms with Crippen LogP contribution in [0.25, 0.3) is 5.69 Å². The Balaban J connectivity index is 1.10. The van der Waals surface area contributed by atoms with Crippen LogP contribution in [0.3, 0.4) is 0 Å². The van der Waals surface area contributed by atoms with Gasteiger partial charge in [0.15, 0.2) is 0 Å². The molecule has 0 N–H and O–H groups in total. The predicted octanol–water partition coefficient (Wildman–Crippen LogP) is 4.73. The highest BCUT2D eigenvalue weighted by molar-refractivity contribution is 5.46. The lowest BCUT2D eigenvalue weighted by Crippen LogP contribution is -2.45. The van der Waals surface area contributed by atoms with Gasteiger partial charge in [-0.25, -0.2) is 4.39 Å². The Labute approximate surface area is 217 Å². The van der Waals surface area contributed by atoms with Crippen LogP contribution in [0.4, 0.5) is 10.1 Å². The normalized spacial score (nSPS) is 16.7. The molecule has 1 saturated heterocycles. The number of hydrogen-bond donors (Lipinski definition) is 0. The molecule has 7 heteroatoms. The fraction of sp³-hybridized carbons (Fsp3) is 0.300. The van der Waals surface area contributed by atoms with E-state index in [1.165, 1.54) is 16.8 Å². The number of ether oxygens (including phenoxy) is 1. The average molecular weight is 498 g/mol. The molecule has 0 saturated carbocycles. The first-order chi connectivity index (χ1) is 18.2. The Morgan fingerprint density at radius 2 is 1.68 bits per heavy atom. The highest BCUT2D eigenvalue weighted by Gasteiger charge is 2.20. The van der Waals surface area contributed by atoms with Gasteiger partial charge in [-0.05, 0) is 66.2 Å². The Hall–Kier alpha value is -3.68. The highest BCUT2D eigenvalue weighted by Crippen LogP contribution is 2.27. The van der Waals surface area contributed by atoms with E-state index in [1.54, 1.807) is 18.3 Å². The van der Waals surface area contributed by atoms with Crippen molar-refractivity contribution in [2.75, 3.05) is 44.2 Å². The number of halogens is 1. The van der Waals surface area contributed by atoms with Gasteiger partial charge in [-0.2, -0.15) is 0 Å². The van der Waals surface area contributed by atoms with Gasteiger partial charge in [0.25, 0.3) is 0 Å². The first-order valence-corrected chi connectivity index (χ1v) is 13.0. The number of hydrogen-bond acceptors (Lipinski definition) is 5. The molecule has 6 nitrogen and oxygen atoms in total. The van der Waals surface area contributed by atoms with E-state index in [9.17, 15) is 4.39 Å². The Kier molecular flexibility index (Phi) is 6.88. The first-order valence-electron chi connectivity index (χ1n) is 13.0. The lowest BCUT2D eigenvalue weighted by Gasteiger charge is -2.36. The topological polar surface area (TPSA) is 36.8 Å². The summed E-state index contributed by atoms with van der Waals surface area (Å²) in [7, 11) is 0. The Bertz CT molecular complexity index is 1320. The van der Waals surface area contributed by atoms with E-state index >= 15 is 0 Å². The van der Waals surface area contributed by atoms with E-state index in [0.717, 1.165) is 69.5 Å². The number of anilines is 1. The fourth-order valence-corrected chi connectivity index (χ4v) is 5.33.